The number of pyridine rings is 1. The van der Waals surface area contributed by atoms with Crippen molar-refractivity contribution in [2.45, 2.75) is 37.6 Å². The number of nitrogens with zero attached hydrogens (tertiary/aromatic N) is 2. The van der Waals surface area contributed by atoms with Crippen molar-refractivity contribution in [1.29, 1.82) is 0 Å². The molecule has 4 unspecified atom stereocenters. The Kier molecular flexibility index (Phi) is 4.19. The maximum Gasteiger partial charge on any atom is 0.295 e. The number of ether oxygens (including phenoxy) is 1. The number of aromatic nitrogens is 1. The highest BCUT2D eigenvalue weighted by atomic mass is 19.1. The monoisotopic (exact) mass is 396 g/mol. The molecule has 5 nitrogen and oxygen atoms in total. The lowest BCUT2D eigenvalue weighted by Gasteiger charge is -2.36. The number of halogens is 2. The van der Waals surface area contributed by atoms with E-state index in [0.29, 0.717) is 24.2 Å². The Bertz CT molecular complexity index is 1020. The number of rotatable bonds is 2. The van der Waals surface area contributed by atoms with E-state index in [1.54, 1.807) is 30.5 Å². The fraction of sp³-hybridized carbons (Fsp3) is 0.318. The molecule has 1 amide bonds. The van der Waals surface area contributed by atoms with Gasteiger partial charge in [-0.3, -0.25) is 14.5 Å². The zero-order valence-electron chi connectivity index (χ0n) is 15.4. The highest BCUT2D eigenvalue weighted by Gasteiger charge is 2.53. The van der Waals surface area contributed by atoms with E-state index in [0.717, 1.165) is 0 Å². The molecular formula is C22H18F2N2O3. The average Bonchev–Trinajstić information content (AvgIpc) is 3.02. The summed E-state index contributed by atoms with van der Waals surface area (Å²) >= 11 is 0. The SMILES string of the molecule is O=C1C2=C(OC3CCC(F)CC13)C(=O)N(c1ccccn1)C2c1cccc(F)c1. The van der Waals surface area contributed by atoms with Crippen LogP contribution in [0.1, 0.15) is 30.9 Å². The van der Waals surface area contributed by atoms with Crippen LogP contribution in [0.2, 0.25) is 0 Å². The highest BCUT2D eigenvalue weighted by Crippen LogP contribution is 2.48. The topological polar surface area (TPSA) is 59.5 Å². The van der Waals surface area contributed by atoms with Crippen LogP contribution in [-0.2, 0) is 14.3 Å². The predicted octanol–water partition coefficient (Wildman–Crippen LogP) is 3.67. The molecule has 2 aromatic rings. The van der Waals surface area contributed by atoms with Gasteiger partial charge in [0.15, 0.2) is 11.5 Å². The van der Waals surface area contributed by atoms with Gasteiger partial charge in [-0.1, -0.05) is 18.2 Å². The first-order valence-corrected chi connectivity index (χ1v) is 9.63. The zero-order valence-corrected chi connectivity index (χ0v) is 15.4. The van der Waals surface area contributed by atoms with Crippen LogP contribution in [0.5, 0.6) is 0 Å². The fourth-order valence-electron chi connectivity index (χ4n) is 4.54. The summed E-state index contributed by atoms with van der Waals surface area (Å²) in [5.41, 5.74) is 0.610. The maximum atomic E-state index is 14.0. The van der Waals surface area contributed by atoms with Gasteiger partial charge in [-0.05, 0) is 49.1 Å². The molecule has 0 radical (unpaired) electrons. The minimum atomic E-state index is -1.07. The minimum absolute atomic E-state index is 0.0199. The van der Waals surface area contributed by atoms with E-state index in [-0.39, 0.29) is 23.5 Å². The van der Waals surface area contributed by atoms with Crippen LogP contribution in [-0.4, -0.2) is 29.0 Å². The standard InChI is InChI=1S/C22H18F2N2O3/c23-13-5-3-4-12(10-13)19-18-20(27)15-11-14(24)7-8-16(15)29-21(18)22(28)26(19)17-6-1-2-9-25-17/h1-6,9-10,14-16,19H,7-8,11H2. The molecule has 3 heterocycles. The number of benzene rings is 1. The maximum absolute atomic E-state index is 14.0. The van der Waals surface area contributed by atoms with Gasteiger partial charge >= 0.3 is 0 Å². The van der Waals surface area contributed by atoms with E-state index in [1.807, 2.05) is 0 Å². The molecular weight excluding hydrogens is 378 g/mol. The van der Waals surface area contributed by atoms with Gasteiger partial charge in [-0.25, -0.2) is 13.8 Å². The van der Waals surface area contributed by atoms with Gasteiger partial charge in [-0.15, -0.1) is 0 Å². The van der Waals surface area contributed by atoms with Gasteiger partial charge < -0.3 is 4.74 Å². The number of anilines is 1. The average molecular weight is 396 g/mol. The number of amides is 1. The van der Waals surface area contributed by atoms with Crippen LogP contribution >= 0.6 is 0 Å². The van der Waals surface area contributed by atoms with E-state index < -0.39 is 36.0 Å². The molecule has 0 spiro atoms. The first-order valence-electron chi connectivity index (χ1n) is 9.63. The number of hydrogen-bond acceptors (Lipinski definition) is 4. The van der Waals surface area contributed by atoms with Crippen molar-refractivity contribution in [3.8, 4) is 0 Å². The van der Waals surface area contributed by atoms with Crippen molar-refractivity contribution in [3.63, 3.8) is 0 Å². The van der Waals surface area contributed by atoms with Crippen molar-refractivity contribution >= 4 is 17.5 Å². The first-order chi connectivity index (χ1) is 14.0. The number of ketones is 1. The van der Waals surface area contributed by atoms with Crippen molar-refractivity contribution in [2.24, 2.45) is 5.92 Å². The summed E-state index contributed by atoms with van der Waals surface area (Å²) in [6.45, 7) is 0. The molecule has 5 rings (SSSR count). The molecule has 4 atom stereocenters. The third kappa shape index (κ3) is 2.84. The Morgan fingerprint density at radius 1 is 1.10 bits per heavy atom. The summed E-state index contributed by atoms with van der Waals surface area (Å²) in [6, 6.07) is 10.0. The van der Waals surface area contributed by atoms with Crippen molar-refractivity contribution in [2.75, 3.05) is 4.90 Å². The van der Waals surface area contributed by atoms with E-state index >= 15 is 0 Å². The molecule has 7 heteroatoms. The van der Waals surface area contributed by atoms with E-state index in [9.17, 15) is 18.4 Å². The van der Waals surface area contributed by atoms with Crippen molar-refractivity contribution in [1.82, 2.24) is 4.98 Å². The Morgan fingerprint density at radius 3 is 2.72 bits per heavy atom. The highest BCUT2D eigenvalue weighted by molar-refractivity contribution is 6.17. The Morgan fingerprint density at radius 2 is 1.97 bits per heavy atom. The molecule has 1 aliphatic carbocycles. The first kappa shape index (κ1) is 18.0. The molecule has 0 bridgehead atoms. The van der Waals surface area contributed by atoms with Gasteiger partial charge in [0.2, 0.25) is 0 Å². The molecule has 1 saturated carbocycles. The second kappa shape index (κ2) is 6.76. The second-order valence-corrected chi connectivity index (χ2v) is 7.60. The molecule has 148 valence electrons. The summed E-state index contributed by atoms with van der Waals surface area (Å²) in [5, 5.41) is 0. The number of carbonyl (C=O) groups excluding carboxylic acids is 2. The van der Waals surface area contributed by atoms with E-state index in [1.165, 1.54) is 23.1 Å². The Labute approximate surface area is 166 Å². The second-order valence-electron chi connectivity index (χ2n) is 7.60. The minimum Gasteiger partial charge on any atom is -0.483 e. The van der Waals surface area contributed by atoms with Crippen LogP contribution in [0.4, 0.5) is 14.6 Å². The summed E-state index contributed by atoms with van der Waals surface area (Å²) in [4.78, 5) is 32.3. The number of fused-ring (bicyclic) bond motifs is 1. The molecule has 1 aromatic carbocycles. The van der Waals surface area contributed by atoms with Gasteiger partial charge in [-0.2, -0.15) is 0 Å². The molecule has 0 N–H and O–H groups in total. The van der Waals surface area contributed by atoms with E-state index in [2.05, 4.69) is 4.98 Å². The van der Waals surface area contributed by atoms with Crippen LogP contribution in [0.15, 0.2) is 60.0 Å². The van der Waals surface area contributed by atoms with Gasteiger partial charge in [0.05, 0.1) is 17.5 Å². The molecule has 29 heavy (non-hydrogen) atoms. The summed E-state index contributed by atoms with van der Waals surface area (Å²) in [6.07, 6.45) is 0.738. The summed E-state index contributed by atoms with van der Waals surface area (Å²) in [5.74, 6) is -1.57. The third-order valence-electron chi connectivity index (χ3n) is 5.84. The predicted molar refractivity (Wildman–Crippen MR) is 100 cm³/mol. The lowest BCUT2D eigenvalue weighted by atomic mass is 9.77. The van der Waals surface area contributed by atoms with Gasteiger partial charge in [0.25, 0.3) is 5.91 Å². The smallest absolute Gasteiger partial charge is 0.295 e. The zero-order chi connectivity index (χ0) is 20.1. The number of hydrogen-bond donors (Lipinski definition) is 0. The van der Waals surface area contributed by atoms with Crippen molar-refractivity contribution in [3.05, 3.63) is 71.4 Å². The lowest BCUT2D eigenvalue weighted by Crippen LogP contribution is -2.42. The van der Waals surface area contributed by atoms with Gasteiger partial charge in [0, 0.05) is 6.20 Å². The normalized spacial score (nSPS) is 28.8. The number of alkyl halides is 1. The van der Waals surface area contributed by atoms with Gasteiger partial charge in [0.1, 0.15) is 23.9 Å². The van der Waals surface area contributed by atoms with Crippen LogP contribution < -0.4 is 4.90 Å². The Balaban J connectivity index is 1.66. The van der Waals surface area contributed by atoms with Crippen LogP contribution in [0, 0.1) is 11.7 Å². The largest absolute Gasteiger partial charge is 0.483 e. The molecule has 3 aliphatic rings. The van der Waals surface area contributed by atoms with Crippen molar-refractivity contribution < 1.29 is 23.1 Å². The summed E-state index contributed by atoms with van der Waals surface area (Å²) in [7, 11) is 0. The molecule has 1 aromatic heterocycles. The Hall–Kier alpha value is -3.09. The summed E-state index contributed by atoms with van der Waals surface area (Å²) < 4.78 is 33.9. The van der Waals surface area contributed by atoms with Crippen LogP contribution in [0.25, 0.3) is 0 Å². The van der Waals surface area contributed by atoms with E-state index in [4.69, 9.17) is 4.74 Å². The lowest BCUT2D eigenvalue weighted by molar-refractivity contribution is -0.133. The number of Topliss-reactive ketones (excluding diaryl/α,β-unsaturated/α-hetero) is 1. The fourth-order valence-corrected chi connectivity index (χ4v) is 4.54. The molecule has 1 fully saturated rings. The third-order valence-corrected chi connectivity index (χ3v) is 5.84. The van der Waals surface area contributed by atoms with Crippen LogP contribution in [0.3, 0.4) is 0 Å². The quantitative estimate of drug-likeness (QED) is 0.777. The molecule has 2 aliphatic heterocycles. The number of carbonyl (C=O) groups is 2. The molecule has 0 saturated heterocycles.